The van der Waals surface area contributed by atoms with Crippen molar-refractivity contribution in [3.8, 4) is 0 Å². The second-order valence-electron chi connectivity index (χ2n) is 13.4. The van der Waals surface area contributed by atoms with E-state index in [0.29, 0.717) is 17.3 Å². The number of aliphatic hydroxyl groups is 2. The number of hydrogen-bond acceptors (Lipinski definition) is 2. The van der Waals surface area contributed by atoms with Crippen molar-refractivity contribution in [3.63, 3.8) is 0 Å². The van der Waals surface area contributed by atoms with E-state index in [2.05, 4.69) is 47.6 Å². The van der Waals surface area contributed by atoms with Gasteiger partial charge in [0.1, 0.15) is 0 Å². The van der Waals surface area contributed by atoms with Crippen LogP contribution < -0.4 is 0 Å². The summed E-state index contributed by atoms with van der Waals surface area (Å²) in [7, 11) is 0. The van der Waals surface area contributed by atoms with Crippen LogP contribution in [0, 0.1) is 51.8 Å². The molecule has 0 bridgehead atoms. The van der Waals surface area contributed by atoms with Crippen LogP contribution in [0.2, 0.25) is 0 Å². The molecular weight excluding hydrogens is 380 g/mol. The predicted molar refractivity (Wildman–Crippen MR) is 130 cm³/mol. The lowest BCUT2D eigenvalue weighted by Gasteiger charge is -2.62. The topological polar surface area (TPSA) is 40.5 Å². The van der Waals surface area contributed by atoms with E-state index in [0.717, 1.165) is 42.9 Å². The van der Waals surface area contributed by atoms with Gasteiger partial charge < -0.3 is 10.2 Å². The predicted octanol–water partition coefficient (Wildman–Crippen LogP) is 7.00. The molecule has 31 heavy (non-hydrogen) atoms. The van der Waals surface area contributed by atoms with Crippen molar-refractivity contribution < 1.29 is 10.2 Å². The van der Waals surface area contributed by atoms with Crippen LogP contribution in [-0.4, -0.2) is 22.9 Å². The minimum atomic E-state index is -0.359. The van der Waals surface area contributed by atoms with E-state index in [1.165, 1.54) is 44.9 Å². The molecule has 2 heteroatoms. The summed E-state index contributed by atoms with van der Waals surface area (Å²) in [6.07, 6.45) is 14.9. The molecule has 2 N–H and O–H groups in total. The Kier molecular flexibility index (Phi) is 6.50. The second kappa shape index (κ2) is 8.46. The maximum absolute atomic E-state index is 10.8. The third kappa shape index (κ3) is 3.67. The van der Waals surface area contributed by atoms with Gasteiger partial charge in [0.25, 0.3) is 0 Å². The van der Waals surface area contributed by atoms with E-state index in [1.54, 1.807) is 5.57 Å². The standard InChI is InChI=1S/C29H50O2/c1-19(2)8-7-9-20(3)22-11-12-23-21-10-13-25-28(5,24(21)14-16-27(22,23)4)17-15-26(31)29(25,6)18-30/h10,19-20,22-26,30-31H,7-9,11-18H2,1-6H3/t20-,22-,23+,24+,25?,26?,27-,28-,29?/m1/s1. The Labute approximate surface area is 192 Å². The number of hydrogen-bond donors (Lipinski definition) is 2. The van der Waals surface area contributed by atoms with E-state index in [4.69, 9.17) is 0 Å². The molecule has 0 amide bonds. The first-order valence-electron chi connectivity index (χ1n) is 13.6. The molecule has 178 valence electrons. The van der Waals surface area contributed by atoms with Gasteiger partial charge in [-0.2, -0.15) is 0 Å². The van der Waals surface area contributed by atoms with Gasteiger partial charge in [-0.1, -0.05) is 72.5 Å². The van der Waals surface area contributed by atoms with Crippen molar-refractivity contribution in [2.45, 2.75) is 112 Å². The fourth-order valence-electron chi connectivity index (χ4n) is 9.38. The molecule has 0 aromatic heterocycles. The van der Waals surface area contributed by atoms with Crippen molar-refractivity contribution >= 4 is 0 Å². The van der Waals surface area contributed by atoms with Crippen LogP contribution in [0.25, 0.3) is 0 Å². The lowest BCUT2D eigenvalue weighted by molar-refractivity contribution is -0.151. The van der Waals surface area contributed by atoms with Gasteiger partial charge in [-0.15, -0.1) is 0 Å². The average molecular weight is 431 g/mol. The molecular formula is C29H50O2. The Morgan fingerprint density at radius 3 is 2.29 bits per heavy atom. The second-order valence-corrected chi connectivity index (χ2v) is 13.4. The Morgan fingerprint density at radius 1 is 0.935 bits per heavy atom. The third-order valence-electron chi connectivity index (χ3n) is 11.3. The summed E-state index contributed by atoms with van der Waals surface area (Å²) in [6.45, 7) is 14.7. The molecule has 4 aliphatic rings. The summed E-state index contributed by atoms with van der Waals surface area (Å²) in [5.74, 6) is 4.40. The van der Waals surface area contributed by atoms with Gasteiger partial charge in [0.05, 0.1) is 12.7 Å². The molecule has 9 atom stereocenters. The van der Waals surface area contributed by atoms with Crippen molar-refractivity contribution in [2.24, 2.45) is 51.8 Å². The fraction of sp³-hybridized carbons (Fsp3) is 0.931. The molecule has 4 rings (SSSR count). The summed E-state index contributed by atoms with van der Waals surface area (Å²) in [5.41, 5.74) is 2.17. The number of allylic oxidation sites excluding steroid dienone is 2. The summed E-state index contributed by atoms with van der Waals surface area (Å²) in [5, 5.41) is 21.1. The van der Waals surface area contributed by atoms with Crippen LogP contribution in [-0.2, 0) is 0 Å². The highest BCUT2D eigenvalue weighted by atomic mass is 16.3. The van der Waals surface area contributed by atoms with E-state index >= 15 is 0 Å². The van der Waals surface area contributed by atoms with Crippen LogP contribution in [0.3, 0.4) is 0 Å². The van der Waals surface area contributed by atoms with Crippen LogP contribution in [0.5, 0.6) is 0 Å². The fourth-order valence-corrected chi connectivity index (χ4v) is 9.38. The lowest BCUT2D eigenvalue weighted by Crippen LogP contribution is -2.58. The highest BCUT2D eigenvalue weighted by Crippen LogP contribution is 2.68. The first-order valence-corrected chi connectivity index (χ1v) is 13.6. The molecule has 3 saturated carbocycles. The van der Waals surface area contributed by atoms with Crippen LogP contribution in [0.15, 0.2) is 11.6 Å². The molecule has 0 aliphatic heterocycles. The maximum Gasteiger partial charge on any atom is 0.0618 e. The highest BCUT2D eigenvalue weighted by molar-refractivity contribution is 5.29. The lowest BCUT2D eigenvalue weighted by atomic mass is 9.43. The normalized spacial score (nSPS) is 48.0. The smallest absolute Gasteiger partial charge is 0.0618 e. The molecule has 2 nitrogen and oxygen atoms in total. The summed E-state index contributed by atoms with van der Waals surface area (Å²) >= 11 is 0. The van der Waals surface area contributed by atoms with Crippen LogP contribution in [0.1, 0.15) is 106 Å². The Bertz CT molecular complexity index is 682. The molecule has 0 aromatic rings. The number of rotatable bonds is 6. The Hall–Kier alpha value is -0.340. The van der Waals surface area contributed by atoms with Crippen molar-refractivity contribution in [1.29, 1.82) is 0 Å². The first kappa shape index (κ1) is 23.8. The molecule has 0 radical (unpaired) electrons. The Balaban J connectivity index is 1.56. The molecule has 0 heterocycles. The van der Waals surface area contributed by atoms with Gasteiger partial charge >= 0.3 is 0 Å². The summed E-state index contributed by atoms with van der Waals surface area (Å²) < 4.78 is 0. The maximum atomic E-state index is 10.8. The van der Waals surface area contributed by atoms with Gasteiger partial charge in [-0.3, -0.25) is 0 Å². The summed E-state index contributed by atoms with van der Waals surface area (Å²) in [6, 6.07) is 0. The number of aliphatic hydroxyl groups excluding tert-OH is 2. The van der Waals surface area contributed by atoms with Gasteiger partial charge in [0.2, 0.25) is 0 Å². The third-order valence-corrected chi connectivity index (χ3v) is 11.3. The highest BCUT2D eigenvalue weighted by Gasteiger charge is 2.61. The van der Waals surface area contributed by atoms with Gasteiger partial charge in [-0.05, 0) is 91.3 Å². The van der Waals surface area contributed by atoms with Gasteiger partial charge in [0, 0.05) is 5.41 Å². The zero-order valence-electron chi connectivity index (χ0n) is 21.3. The monoisotopic (exact) mass is 430 g/mol. The molecule has 3 unspecified atom stereocenters. The molecule has 3 fully saturated rings. The van der Waals surface area contributed by atoms with Crippen molar-refractivity contribution in [1.82, 2.24) is 0 Å². The molecule has 4 aliphatic carbocycles. The van der Waals surface area contributed by atoms with Gasteiger partial charge in [0.15, 0.2) is 0 Å². The van der Waals surface area contributed by atoms with Gasteiger partial charge in [-0.25, -0.2) is 0 Å². The minimum Gasteiger partial charge on any atom is -0.396 e. The minimum absolute atomic E-state index is 0.113. The Morgan fingerprint density at radius 2 is 1.61 bits per heavy atom. The zero-order valence-corrected chi connectivity index (χ0v) is 21.3. The van der Waals surface area contributed by atoms with E-state index in [9.17, 15) is 10.2 Å². The van der Waals surface area contributed by atoms with E-state index < -0.39 is 0 Å². The summed E-state index contributed by atoms with van der Waals surface area (Å²) in [4.78, 5) is 0. The molecule has 0 aromatic carbocycles. The number of fused-ring (bicyclic) bond motifs is 5. The molecule has 0 spiro atoms. The quantitative estimate of drug-likeness (QED) is 0.445. The van der Waals surface area contributed by atoms with Crippen LogP contribution >= 0.6 is 0 Å². The first-order chi connectivity index (χ1) is 14.6. The largest absolute Gasteiger partial charge is 0.396 e. The van der Waals surface area contributed by atoms with Crippen LogP contribution in [0.4, 0.5) is 0 Å². The van der Waals surface area contributed by atoms with Crippen molar-refractivity contribution in [3.05, 3.63) is 11.6 Å². The molecule has 0 saturated heterocycles. The zero-order chi connectivity index (χ0) is 22.6. The van der Waals surface area contributed by atoms with E-state index in [-0.39, 0.29) is 23.5 Å². The van der Waals surface area contributed by atoms with E-state index in [1.807, 2.05) is 0 Å². The van der Waals surface area contributed by atoms with Crippen molar-refractivity contribution in [2.75, 3.05) is 6.61 Å². The SMILES string of the molecule is CC(C)CCC[C@@H](C)[C@H]1CC[C@H]2C3=CCC4C(C)(CO)C(O)CC[C@]4(C)[C@H]3CC[C@]12C. The average Bonchev–Trinajstić information content (AvgIpc) is 3.08.